The van der Waals surface area contributed by atoms with Crippen molar-refractivity contribution in [1.82, 2.24) is 20.1 Å². The lowest BCUT2D eigenvalue weighted by molar-refractivity contribution is -0.137. The van der Waals surface area contributed by atoms with Crippen LogP contribution in [0.2, 0.25) is 0 Å². The third-order valence-electron chi connectivity index (χ3n) is 7.10. The second-order valence-corrected chi connectivity index (χ2v) is 11.8. The molecule has 2 unspecified atom stereocenters. The Hall–Kier alpha value is -3.14. The SMILES string of the molecule is CC(C)C1c2ncc(C(=O)NCC3CCN(C(=O)OC(C)(C)C)C3)cc2CN1Cc1ccc(C(F)(F)F)cc1. The van der Waals surface area contributed by atoms with Crippen LogP contribution in [0, 0.1) is 11.8 Å². The van der Waals surface area contributed by atoms with Gasteiger partial charge in [0.05, 0.1) is 22.9 Å². The molecule has 2 atom stereocenters. The number of hydrogen-bond donors (Lipinski definition) is 1. The Morgan fingerprint density at radius 1 is 1.15 bits per heavy atom. The van der Waals surface area contributed by atoms with Crippen LogP contribution in [-0.4, -0.2) is 52.0 Å². The molecular formula is C29H37F3N4O3. The molecule has 2 amide bonds. The second-order valence-electron chi connectivity index (χ2n) is 11.8. The van der Waals surface area contributed by atoms with Gasteiger partial charge in [-0.3, -0.25) is 14.7 Å². The topological polar surface area (TPSA) is 74.8 Å². The van der Waals surface area contributed by atoms with E-state index in [1.165, 1.54) is 12.1 Å². The number of likely N-dealkylation sites (tertiary alicyclic amines) is 1. The highest BCUT2D eigenvalue weighted by molar-refractivity contribution is 5.94. The summed E-state index contributed by atoms with van der Waals surface area (Å²) in [6.45, 7) is 12.3. The molecule has 0 spiro atoms. The number of rotatable bonds is 6. The first-order valence-electron chi connectivity index (χ1n) is 13.4. The van der Waals surface area contributed by atoms with Crippen LogP contribution >= 0.6 is 0 Å². The van der Waals surface area contributed by atoms with Crippen molar-refractivity contribution in [1.29, 1.82) is 0 Å². The summed E-state index contributed by atoms with van der Waals surface area (Å²) in [7, 11) is 0. The molecule has 1 aromatic heterocycles. The van der Waals surface area contributed by atoms with E-state index >= 15 is 0 Å². The number of nitrogens with zero attached hydrogens (tertiary/aromatic N) is 3. The highest BCUT2D eigenvalue weighted by Gasteiger charge is 2.35. The number of carbonyl (C=O) groups excluding carboxylic acids is 2. The molecule has 212 valence electrons. The number of alkyl halides is 3. The number of fused-ring (bicyclic) bond motifs is 1. The molecule has 1 aromatic carbocycles. The van der Waals surface area contributed by atoms with Gasteiger partial charge in [0.2, 0.25) is 0 Å². The number of halogens is 3. The molecule has 2 aromatic rings. The maximum absolute atomic E-state index is 12.9. The van der Waals surface area contributed by atoms with E-state index in [1.54, 1.807) is 11.1 Å². The average molecular weight is 547 g/mol. The fraction of sp³-hybridized carbons (Fsp3) is 0.552. The van der Waals surface area contributed by atoms with Gasteiger partial charge >= 0.3 is 12.3 Å². The molecule has 1 N–H and O–H groups in total. The van der Waals surface area contributed by atoms with Crippen molar-refractivity contribution in [2.45, 2.75) is 71.9 Å². The van der Waals surface area contributed by atoms with Gasteiger partial charge < -0.3 is 15.0 Å². The number of amides is 2. The molecule has 1 fully saturated rings. The average Bonchev–Trinajstić information content (AvgIpc) is 3.45. The number of hydrogen-bond acceptors (Lipinski definition) is 5. The summed E-state index contributed by atoms with van der Waals surface area (Å²) in [5.74, 6) is 0.153. The van der Waals surface area contributed by atoms with Crippen molar-refractivity contribution >= 4 is 12.0 Å². The number of ether oxygens (including phenoxy) is 1. The van der Waals surface area contributed by atoms with Crippen molar-refractivity contribution in [2.75, 3.05) is 19.6 Å². The lowest BCUT2D eigenvalue weighted by Crippen LogP contribution is -2.36. The zero-order valence-electron chi connectivity index (χ0n) is 23.1. The van der Waals surface area contributed by atoms with Crippen LogP contribution in [0.15, 0.2) is 36.5 Å². The Morgan fingerprint density at radius 2 is 1.85 bits per heavy atom. The van der Waals surface area contributed by atoms with E-state index in [-0.39, 0.29) is 29.9 Å². The zero-order chi connectivity index (χ0) is 28.5. The summed E-state index contributed by atoms with van der Waals surface area (Å²) in [6.07, 6.45) is -2.32. The van der Waals surface area contributed by atoms with Crippen molar-refractivity contribution in [3.8, 4) is 0 Å². The van der Waals surface area contributed by atoms with Crippen LogP contribution in [0.5, 0.6) is 0 Å². The quantitative estimate of drug-likeness (QED) is 0.496. The molecular weight excluding hydrogens is 509 g/mol. The van der Waals surface area contributed by atoms with Crippen molar-refractivity contribution in [3.63, 3.8) is 0 Å². The summed E-state index contributed by atoms with van der Waals surface area (Å²) in [5, 5.41) is 2.98. The molecule has 0 radical (unpaired) electrons. The van der Waals surface area contributed by atoms with Crippen LogP contribution in [0.3, 0.4) is 0 Å². The van der Waals surface area contributed by atoms with Gasteiger partial charge in [-0.05, 0) is 68.4 Å². The fourth-order valence-electron chi connectivity index (χ4n) is 5.28. The summed E-state index contributed by atoms with van der Waals surface area (Å²) in [4.78, 5) is 33.8. The normalized spacial score (nSPS) is 19.9. The molecule has 0 saturated carbocycles. The standard InChI is InChI=1S/C29H37F3N4O3/c1-18(2)25-24-22(17-36(25)15-19-6-8-23(9-7-19)29(30,31)32)12-21(14-33-24)26(37)34-13-20-10-11-35(16-20)27(38)39-28(3,4)5/h6-9,12,14,18,20,25H,10-11,13,15-17H2,1-5H3,(H,34,37). The molecule has 3 heterocycles. The first-order valence-corrected chi connectivity index (χ1v) is 13.4. The molecule has 2 aliphatic rings. The van der Waals surface area contributed by atoms with Gasteiger partial charge in [0, 0.05) is 38.9 Å². The second kappa shape index (κ2) is 11.2. The van der Waals surface area contributed by atoms with Gasteiger partial charge in [-0.1, -0.05) is 26.0 Å². The largest absolute Gasteiger partial charge is 0.444 e. The number of pyridine rings is 1. The van der Waals surface area contributed by atoms with E-state index in [2.05, 4.69) is 29.0 Å². The third-order valence-corrected chi connectivity index (χ3v) is 7.10. The van der Waals surface area contributed by atoms with E-state index in [4.69, 9.17) is 4.74 Å². The monoisotopic (exact) mass is 546 g/mol. The molecule has 0 bridgehead atoms. The lowest BCUT2D eigenvalue weighted by Gasteiger charge is -2.27. The van der Waals surface area contributed by atoms with Crippen molar-refractivity contribution < 1.29 is 27.5 Å². The van der Waals surface area contributed by atoms with Crippen LogP contribution in [0.4, 0.5) is 18.0 Å². The Balaban J connectivity index is 1.37. The van der Waals surface area contributed by atoms with E-state index < -0.39 is 17.3 Å². The third kappa shape index (κ3) is 7.09. The van der Waals surface area contributed by atoms with Crippen LogP contribution in [-0.2, 0) is 24.0 Å². The predicted octanol–water partition coefficient (Wildman–Crippen LogP) is 5.80. The zero-order valence-corrected chi connectivity index (χ0v) is 23.1. The molecule has 0 aliphatic carbocycles. The first kappa shape index (κ1) is 28.9. The Morgan fingerprint density at radius 3 is 2.46 bits per heavy atom. The van der Waals surface area contributed by atoms with Gasteiger partial charge in [0.1, 0.15) is 5.60 Å². The van der Waals surface area contributed by atoms with Crippen LogP contribution in [0.25, 0.3) is 0 Å². The van der Waals surface area contributed by atoms with Gasteiger partial charge in [-0.25, -0.2) is 4.79 Å². The lowest BCUT2D eigenvalue weighted by atomic mass is 9.99. The Kier molecular flexibility index (Phi) is 8.25. The van der Waals surface area contributed by atoms with Crippen LogP contribution in [0.1, 0.15) is 79.8 Å². The minimum Gasteiger partial charge on any atom is -0.444 e. The fourth-order valence-corrected chi connectivity index (χ4v) is 5.28. The molecule has 2 aliphatic heterocycles. The molecule has 10 heteroatoms. The van der Waals surface area contributed by atoms with E-state index in [0.29, 0.717) is 38.3 Å². The maximum Gasteiger partial charge on any atom is 0.416 e. The molecule has 39 heavy (non-hydrogen) atoms. The molecule has 1 saturated heterocycles. The summed E-state index contributed by atoms with van der Waals surface area (Å²) in [5.41, 5.74) is 1.89. The predicted molar refractivity (Wildman–Crippen MR) is 141 cm³/mol. The number of nitrogens with one attached hydrogen (secondary N) is 1. The minimum absolute atomic E-state index is 0.00303. The van der Waals surface area contributed by atoms with Gasteiger partial charge in [-0.15, -0.1) is 0 Å². The van der Waals surface area contributed by atoms with Crippen molar-refractivity contribution in [3.05, 3.63) is 64.5 Å². The van der Waals surface area contributed by atoms with Crippen molar-refractivity contribution in [2.24, 2.45) is 11.8 Å². The van der Waals surface area contributed by atoms with E-state index in [0.717, 1.165) is 35.4 Å². The Labute approximate surface area is 227 Å². The first-order chi connectivity index (χ1) is 18.2. The maximum atomic E-state index is 12.9. The molecule has 4 rings (SSSR count). The minimum atomic E-state index is -4.36. The van der Waals surface area contributed by atoms with E-state index in [9.17, 15) is 22.8 Å². The summed E-state index contributed by atoms with van der Waals surface area (Å²) < 4.78 is 44.3. The Bertz CT molecular complexity index is 1190. The smallest absolute Gasteiger partial charge is 0.416 e. The summed E-state index contributed by atoms with van der Waals surface area (Å²) >= 11 is 0. The highest BCUT2D eigenvalue weighted by atomic mass is 19.4. The molecule has 7 nitrogen and oxygen atoms in total. The van der Waals surface area contributed by atoms with E-state index in [1.807, 2.05) is 26.8 Å². The highest BCUT2D eigenvalue weighted by Crippen LogP contribution is 2.39. The summed E-state index contributed by atoms with van der Waals surface area (Å²) in [6, 6.07) is 7.12. The van der Waals surface area contributed by atoms with Gasteiger partial charge in [-0.2, -0.15) is 13.2 Å². The number of carbonyl (C=O) groups is 2. The number of benzene rings is 1. The number of aromatic nitrogens is 1. The van der Waals surface area contributed by atoms with Gasteiger partial charge in [0.25, 0.3) is 5.91 Å². The van der Waals surface area contributed by atoms with Crippen LogP contribution < -0.4 is 5.32 Å². The van der Waals surface area contributed by atoms with Gasteiger partial charge in [0.15, 0.2) is 0 Å².